The molecule has 0 aromatic heterocycles. The highest BCUT2D eigenvalue weighted by molar-refractivity contribution is 7.91. The van der Waals surface area contributed by atoms with E-state index >= 15 is 0 Å². The first kappa shape index (κ1) is 18.4. The fourth-order valence-corrected chi connectivity index (χ4v) is 6.02. The number of sulfone groups is 1. The highest BCUT2D eigenvalue weighted by Gasteiger charge is 2.49. The Morgan fingerprint density at radius 2 is 1.70 bits per heavy atom. The van der Waals surface area contributed by atoms with E-state index in [0.717, 1.165) is 0 Å². The molecule has 2 fully saturated rings. The predicted molar refractivity (Wildman–Crippen MR) is 102 cm³/mol. The molecule has 2 atom stereocenters. The second kappa shape index (κ2) is 6.89. The third kappa shape index (κ3) is 3.59. The normalized spacial score (nSPS) is 24.8. The van der Waals surface area contributed by atoms with E-state index in [-0.39, 0.29) is 42.4 Å². The van der Waals surface area contributed by atoms with Gasteiger partial charge in [-0.05, 0) is 30.3 Å². The first-order chi connectivity index (χ1) is 12.8. The van der Waals surface area contributed by atoms with Gasteiger partial charge in [-0.3, -0.25) is 9.69 Å². The van der Waals surface area contributed by atoms with E-state index in [1.807, 2.05) is 0 Å². The largest absolute Gasteiger partial charge is 0.306 e. The van der Waals surface area contributed by atoms with E-state index in [1.54, 1.807) is 52.3 Å². The molecule has 0 N–H and O–H groups in total. The van der Waals surface area contributed by atoms with E-state index in [0.29, 0.717) is 16.3 Å². The summed E-state index contributed by atoms with van der Waals surface area (Å²) in [5.74, 6) is -0.696. The van der Waals surface area contributed by atoms with Crippen molar-refractivity contribution in [3.63, 3.8) is 0 Å². The van der Waals surface area contributed by atoms with Crippen molar-refractivity contribution in [1.29, 1.82) is 0 Å². The molecular formula is C19H18ClFN2O3S. The number of hydrogen-bond donors (Lipinski definition) is 0. The fourth-order valence-electron chi connectivity index (χ4n) is 3.91. The number of carbonyl (C=O) groups excluding carboxylic acids is 1. The smallest absolute Gasteiger partial charge is 0.241 e. The Balaban J connectivity index is 1.68. The minimum absolute atomic E-state index is 0.0354. The molecule has 142 valence electrons. The van der Waals surface area contributed by atoms with Gasteiger partial charge in [0.25, 0.3) is 0 Å². The molecule has 8 heteroatoms. The molecule has 0 bridgehead atoms. The van der Waals surface area contributed by atoms with Crippen LogP contribution in [-0.4, -0.2) is 49.4 Å². The molecule has 1 amide bonds. The van der Waals surface area contributed by atoms with Crippen LogP contribution in [0.5, 0.6) is 0 Å². The zero-order valence-electron chi connectivity index (χ0n) is 14.4. The van der Waals surface area contributed by atoms with Gasteiger partial charge in [0.15, 0.2) is 9.84 Å². The lowest BCUT2D eigenvalue weighted by Gasteiger charge is -2.43. The number of nitrogens with zero attached hydrogens (tertiary/aromatic N) is 2. The van der Waals surface area contributed by atoms with Gasteiger partial charge in [-0.25, -0.2) is 12.8 Å². The van der Waals surface area contributed by atoms with Crippen molar-refractivity contribution in [3.05, 3.63) is 64.9 Å². The molecule has 27 heavy (non-hydrogen) atoms. The van der Waals surface area contributed by atoms with Crippen molar-refractivity contribution >= 4 is 33.0 Å². The van der Waals surface area contributed by atoms with Gasteiger partial charge in [-0.1, -0.05) is 29.8 Å². The van der Waals surface area contributed by atoms with Crippen molar-refractivity contribution in [2.75, 3.05) is 23.0 Å². The van der Waals surface area contributed by atoms with Crippen LogP contribution in [0.3, 0.4) is 0 Å². The second-order valence-corrected chi connectivity index (χ2v) is 9.54. The van der Waals surface area contributed by atoms with Crippen LogP contribution < -0.4 is 4.90 Å². The Hall–Kier alpha value is -1.96. The molecule has 2 heterocycles. The standard InChI is InChI=1S/C19H18ClFN2O3S/c20-14-5-7-15(8-6-14)23-18-12-27(25,26)11-17(18)22(10-19(23)24)9-13-3-1-2-4-16(13)21/h1-8,17-18H,9-12H2/t17-,18-/m0/s1. The minimum Gasteiger partial charge on any atom is -0.306 e. The summed E-state index contributed by atoms with van der Waals surface area (Å²) in [7, 11) is -3.29. The maximum Gasteiger partial charge on any atom is 0.241 e. The number of fused-ring (bicyclic) bond motifs is 1. The Morgan fingerprint density at radius 3 is 2.41 bits per heavy atom. The average Bonchev–Trinajstić information content (AvgIpc) is 2.93. The van der Waals surface area contributed by atoms with Crippen LogP contribution in [0.25, 0.3) is 0 Å². The third-order valence-electron chi connectivity index (χ3n) is 5.14. The molecular weight excluding hydrogens is 391 g/mol. The average molecular weight is 409 g/mol. The number of hydrogen-bond acceptors (Lipinski definition) is 4. The second-order valence-electron chi connectivity index (χ2n) is 6.95. The molecule has 2 aromatic carbocycles. The molecule has 0 aliphatic carbocycles. The van der Waals surface area contributed by atoms with Gasteiger partial charge in [0.05, 0.1) is 24.1 Å². The summed E-state index contributed by atoms with van der Waals surface area (Å²) in [6.07, 6.45) is 0. The number of piperazine rings is 1. The van der Waals surface area contributed by atoms with Gasteiger partial charge in [-0.2, -0.15) is 0 Å². The zero-order chi connectivity index (χ0) is 19.2. The van der Waals surface area contributed by atoms with E-state index in [1.165, 1.54) is 6.07 Å². The molecule has 0 radical (unpaired) electrons. The van der Waals surface area contributed by atoms with Crippen molar-refractivity contribution < 1.29 is 17.6 Å². The van der Waals surface area contributed by atoms with Crippen molar-refractivity contribution in [3.8, 4) is 0 Å². The molecule has 2 aliphatic rings. The summed E-state index contributed by atoms with van der Waals surface area (Å²) in [6.45, 7) is 0.233. The summed E-state index contributed by atoms with van der Waals surface area (Å²) < 4.78 is 38.7. The monoisotopic (exact) mass is 408 g/mol. The molecule has 2 saturated heterocycles. The van der Waals surface area contributed by atoms with Crippen LogP contribution in [-0.2, 0) is 21.2 Å². The highest BCUT2D eigenvalue weighted by atomic mass is 35.5. The van der Waals surface area contributed by atoms with Crippen LogP contribution >= 0.6 is 11.6 Å². The lowest BCUT2D eigenvalue weighted by Crippen LogP contribution is -2.61. The zero-order valence-corrected chi connectivity index (χ0v) is 16.0. The van der Waals surface area contributed by atoms with E-state index in [9.17, 15) is 17.6 Å². The third-order valence-corrected chi connectivity index (χ3v) is 7.09. The van der Waals surface area contributed by atoms with Gasteiger partial charge >= 0.3 is 0 Å². The van der Waals surface area contributed by atoms with Crippen molar-refractivity contribution in [2.45, 2.75) is 18.6 Å². The summed E-state index contributed by atoms with van der Waals surface area (Å²) >= 11 is 5.93. The summed E-state index contributed by atoms with van der Waals surface area (Å²) in [5, 5.41) is 0.542. The SMILES string of the molecule is O=C1CN(Cc2ccccc2F)[C@H]2CS(=O)(=O)C[C@@H]2N1c1ccc(Cl)cc1. The molecule has 4 rings (SSSR count). The van der Waals surface area contributed by atoms with Gasteiger partial charge in [0.2, 0.25) is 5.91 Å². The first-order valence-corrected chi connectivity index (χ1v) is 10.8. The summed E-state index contributed by atoms with van der Waals surface area (Å²) in [6, 6.07) is 12.3. The number of anilines is 1. The lowest BCUT2D eigenvalue weighted by molar-refractivity contribution is -0.123. The van der Waals surface area contributed by atoms with E-state index in [2.05, 4.69) is 0 Å². The molecule has 5 nitrogen and oxygen atoms in total. The van der Waals surface area contributed by atoms with E-state index < -0.39 is 15.9 Å². The van der Waals surface area contributed by atoms with E-state index in [4.69, 9.17) is 11.6 Å². The molecule has 2 aromatic rings. The first-order valence-electron chi connectivity index (χ1n) is 8.59. The maximum atomic E-state index is 14.1. The van der Waals surface area contributed by atoms with Gasteiger partial charge in [0, 0.05) is 28.9 Å². The summed E-state index contributed by atoms with van der Waals surface area (Å²) in [4.78, 5) is 16.2. The topological polar surface area (TPSA) is 57.7 Å². The van der Waals surface area contributed by atoms with Gasteiger partial charge < -0.3 is 4.90 Å². The summed E-state index contributed by atoms with van der Waals surface area (Å²) in [5.41, 5.74) is 1.08. The Labute approximate surface area is 162 Å². The number of amides is 1. The van der Waals surface area contributed by atoms with Gasteiger partial charge in [-0.15, -0.1) is 0 Å². The molecule has 0 unspecified atom stereocenters. The lowest BCUT2D eigenvalue weighted by atomic mass is 10.0. The number of rotatable bonds is 3. The Morgan fingerprint density at radius 1 is 1.04 bits per heavy atom. The number of carbonyl (C=O) groups is 1. The van der Waals surface area contributed by atoms with Crippen LogP contribution in [0.15, 0.2) is 48.5 Å². The predicted octanol–water partition coefficient (Wildman–Crippen LogP) is 2.49. The number of benzene rings is 2. The Kier molecular flexibility index (Phi) is 4.70. The van der Waals surface area contributed by atoms with Crippen LogP contribution in [0.1, 0.15) is 5.56 Å². The van der Waals surface area contributed by atoms with Crippen molar-refractivity contribution in [2.24, 2.45) is 0 Å². The van der Waals surface area contributed by atoms with Gasteiger partial charge in [0.1, 0.15) is 5.82 Å². The molecule has 0 spiro atoms. The molecule has 0 saturated carbocycles. The Bertz CT molecular complexity index is 981. The highest BCUT2D eigenvalue weighted by Crippen LogP contribution is 2.33. The van der Waals surface area contributed by atoms with Crippen molar-refractivity contribution in [1.82, 2.24) is 4.90 Å². The molecule has 2 aliphatic heterocycles. The van der Waals surface area contributed by atoms with Crippen LogP contribution in [0.4, 0.5) is 10.1 Å². The maximum absolute atomic E-state index is 14.1. The fraction of sp³-hybridized carbons (Fsp3) is 0.316. The quantitative estimate of drug-likeness (QED) is 0.783. The van der Waals surface area contributed by atoms with Crippen LogP contribution in [0, 0.1) is 5.82 Å². The number of halogens is 2. The minimum atomic E-state index is -3.29. The van der Waals surface area contributed by atoms with Crippen LogP contribution in [0.2, 0.25) is 5.02 Å².